The van der Waals surface area contributed by atoms with E-state index in [1.54, 1.807) is 12.1 Å². The van der Waals surface area contributed by atoms with Crippen molar-refractivity contribution in [3.05, 3.63) is 71.0 Å². The molecule has 1 aliphatic heterocycles. The maximum atomic E-state index is 13.2. The first kappa shape index (κ1) is 20.9. The van der Waals surface area contributed by atoms with E-state index in [1.165, 1.54) is 12.1 Å². The molecule has 2 aromatic carbocycles. The quantitative estimate of drug-likeness (QED) is 0.797. The van der Waals surface area contributed by atoms with Crippen LogP contribution in [-0.4, -0.2) is 39.3 Å². The number of benzene rings is 2. The molecule has 2 aromatic rings. The number of ether oxygens (including phenoxy) is 1. The van der Waals surface area contributed by atoms with Gasteiger partial charge in [0.25, 0.3) is 0 Å². The van der Waals surface area contributed by atoms with Crippen LogP contribution in [0.25, 0.3) is 0 Å². The van der Waals surface area contributed by atoms with Gasteiger partial charge >= 0.3 is 0 Å². The van der Waals surface area contributed by atoms with Crippen molar-refractivity contribution >= 4 is 10.0 Å². The SMILES string of the molecule is CC(c1ccc([C@@H](C)NS(C)(=O)=O)cc1)N1CCO[C@@H](c2ccc(F)cc2)C1. The standard InChI is InChI=1S/C21H27FN2O3S/c1-15(23-28(3,25)26)17-4-6-18(7-5-17)16(2)24-12-13-27-21(14-24)19-8-10-20(22)11-9-19/h4-11,15-16,21,23H,12-14H2,1-3H3/t15-,16?,21-/m1/s1. The minimum atomic E-state index is -3.25. The Balaban J connectivity index is 1.67. The van der Waals surface area contributed by atoms with Gasteiger partial charge in [-0.15, -0.1) is 0 Å². The van der Waals surface area contributed by atoms with E-state index < -0.39 is 10.0 Å². The van der Waals surface area contributed by atoms with Crippen LogP contribution in [0.4, 0.5) is 4.39 Å². The van der Waals surface area contributed by atoms with Crippen LogP contribution in [0.2, 0.25) is 0 Å². The number of sulfonamides is 1. The first-order valence-electron chi connectivity index (χ1n) is 9.41. The molecule has 1 unspecified atom stereocenters. The van der Waals surface area contributed by atoms with Crippen LogP contribution in [0.5, 0.6) is 0 Å². The first-order valence-corrected chi connectivity index (χ1v) is 11.3. The molecule has 0 saturated carbocycles. The number of halogens is 1. The fourth-order valence-electron chi connectivity index (χ4n) is 3.56. The van der Waals surface area contributed by atoms with Crippen molar-refractivity contribution in [3.8, 4) is 0 Å². The minimum Gasteiger partial charge on any atom is -0.371 e. The van der Waals surface area contributed by atoms with E-state index in [4.69, 9.17) is 4.74 Å². The molecule has 0 aliphatic carbocycles. The van der Waals surface area contributed by atoms with E-state index in [0.29, 0.717) is 6.61 Å². The van der Waals surface area contributed by atoms with Crippen LogP contribution < -0.4 is 4.72 Å². The number of hydrogen-bond donors (Lipinski definition) is 1. The average molecular weight is 407 g/mol. The second-order valence-electron chi connectivity index (χ2n) is 7.36. The Morgan fingerprint density at radius 1 is 1.07 bits per heavy atom. The summed E-state index contributed by atoms with van der Waals surface area (Å²) in [5, 5.41) is 0. The summed E-state index contributed by atoms with van der Waals surface area (Å²) in [6.07, 6.45) is 1.09. The number of rotatable bonds is 6. The molecule has 1 aliphatic rings. The molecule has 0 radical (unpaired) electrons. The molecule has 0 spiro atoms. The van der Waals surface area contributed by atoms with Gasteiger partial charge < -0.3 is 4.74 Å². The van der Waals surface area contributed by atoms with E-state index in [1.807, 2.05) is 31.2 Å². The second kappa shape index (κ2) is 8.69. The molecule has 1 N–H and O–H groups in total. The monoisotopic (exact) mass is 406 g/mol. The summed E-state index contributed by atoms with van der Waals surface area (Å²) in [6, 6.07) is 14.4. The van der Waals surface area contributed by atoms with Crippen LogP contribution in [-0.2, 0) is 14.8 Å². The average Bonchev–Trinajstić information content (AvgIpc) is 2.67. The molecule has 1 fully saturated rings. The normalized spacial score (nSPS) is 20.6. The lowest BCUT2D eigenvalue weighted by Gasteiger charge is -2.37. The second-order valence-corrected chi connectivity index (χ2v) is 9.14. The molecule has 0 aromatic heterocycles. The van der Waals surface area contributed by atoms with Gasteiger partial charge in [0.1, 0.15) is 5.82 Å². The summed E-state index contributed by atoms with van der Waals surface area (Å²) in [6.45, 7) is 6.17. The zero-order chi connectivity index (χ0) is 20.3. The topological polar surface area (TPSA) is 58.6 Å². The van der Waals surface area contributed by atoms with Crippen molar-refractivity contribution in [3.63, 3.8) is 0 Å². The number of nitrogens with one attached hydrogen (secondary N) is 1. The van der Waals surface area contributed by atoms with Crippen molar-refractivity contribution in [1.29, 1.82) is 0 Å². The summed E-state index contributed by atoms with van der Waals surface area (Å²) >= 11 is 0. The molecule has 0 bridgehead atoms. The van der Waals surface area contributed by atoms with Gasteiger partial charge in [-0.3, -0.25) is 4.90 Å². The molecular weight excluding hydrogens is 379 g/mol. The molecule has 1 heterocycles. The molecule has 5 nitrogen and oxygen atoms in total. The molecule has 28 heavy (non-hydrogen) atoms. The summed E-state index contributed by atoms with van der Waals surface area (Å²) in [7, 11) is -3.25. The number of nitrogens with zero attached hydrogens (tertiary/aromatic N) is 1. The highest BCUT2D eigenvalue weighted by Gasteiger charge is 2.26. The van der Waals surface area contributed by atoms with Crippen molar-refractivity contribution in [2.75, 3.05) is 26.0 Å². The maximum absolute atomic E-state index is 13.2. The third kappa shape index (κ3) is 5.38. The Bertz CT molecular complexity index is 885. The fourth-order valence-corrected chi connectivity index (χ4v) is 4.34. The minimum absolute atomic E-state index is 0.0740. The van der Waals surface area contributed by atoms with E-state index >= 15 is 0 Å². The lowest BCUT2D eigenvalue weighted by Crippen LogP contribution is -2.39. The zero-order valence-corrected chi connectivity index (χ0v) is 17.2. The predicted octanol–water partition coefficient (Wildman–Crippen LogP) is 3.57. The van der Waals surface area contributed by atoms with E-state index in [0.717, 1.165) is 36.0 Å². The van der Waals surface area contributed by atoms with E-state index in [-0.39, 0.29) is 24.0 Å². The van der Waals surface area contributed by atoms with E-state index in [9.17, 15) is 12.8 Å². The Morgan fingerprint density at radius 3 is 2.29 bits per heavy atom. The molecular formula is C21H27FN2O3S. The summed E-state index contributed by atoms with van der Waals surface area (Å²) in [5.74, 6) is -0.246. The summed E-state index contributed by atoms with van der Waals surface area (Å²) in [4.78, 5) is 2.35. The zero-order valence-electron chi connectivity index (χ0n) is 16.4. The molecule has 3 rings (SSSR count). The largest absolute Gasteiger partial charge is 0.371 e. The molecule has 152 valence electrons. The van der Waals surface area contributed by atoms with Crippen LogP contribution in [0, 0.1) is 5.82 Å². The highest BCUT2D eigenvalue weighted by Crippen LogP contribution is 2.29. The first-order chi connectivity index (χ1) is 13.2. The van der Waals surface area contributed by atoms with Crippen LogP contribution in [0.15, 0.2) is 48.5 Å². The lowest BCUT2D eigenvalue weighted by molar-refractivity contribution is -0.0431. The molecule has 3 atom stereocenters. The van der Waals surface area contributed by atoms with E-state index in [2.05, 4.69) is 16.5 Å². The van der Waals surface area contributed by atoms with Crippen molar-refractivity contribution in [2.24, 2.45) is 0 Å². The van der Waals surface area contributed by atoms with Crippen molar-refractivity contribution < 1.29 is 17.5 Å². The van der Waals surface area contributed by atoms with Gasteiger partial charge in [-0.2, -0.15) is 0 Å². The highest BCUT2D eigenvalue weighted by atomic mass is 32.2. The van der Waals surface area contributed by atoms with Crippen molar-refractivity contribution in [2.45, 2.75) is 32.0 Å². The van der Waals surface area contributed by atoms with Gasteiger partial charge in [0, 0.05) is 25.2 Å². The van der Waals surface area contributed by atoms with Crippen LogP contribution in [0.3, 0.4) is 0 Å². The molecule has 1 saturated heterocycles. The number of morpholine rings is 1. The Hall–Kier alpha value is -1.80. The molecule has 0 amide bonds. The van der Waals surface area contributed by atoms with Gasteiger partial charge in [-0.05, 0) is 42.7 Å². The van der Waals surface area contributed by atoms with Crippen molar-refractivity contribution in [1.82, 2.24) is 9.62 Å². The third-order valence-electron chi connectivity index (χ3n) is 5.20. The summed E-state index contributed by atoms with van der Waals surface area (Å²) < 4.78 is 44.5. The molecule has 7 heteroatoms. The lowest BCUT2D eigenvalue weighted by atomic mass is 10.0. The Morgan fingerprint density at radius 2 is 1.68 bits per heavy atom. The predicted molar refractivity (Wildman–Crippen MR) is 108 cm³/mol. The van der Waals surface area contributed by atoms with Crippen LogP contribution in [0.1, 0.15) is 48.7 Å². The van der Waals surface area contributed by atoms with Gasteiger partial charge in [-0.25, -0.2) is 17.5 Å². The van der Waals surface area contributed by atoms with Crippen LogP contribution >= 0.6 is 0 Å². The highest BCUT2D eigenvalue weighted by molar-refractivity contribution is 7.88. The van der Waals surface area contributed by atoms with Gasteiger partial charge in [0.15, 0.2) is 0 Å². The number of hydrogen-bond acceptors (Lipinski definition) is 4. The van der Waals surface area contributed by atoms with Gasteiger partial charge in [0.05, 0.1) is 19.0 Å². The fraction of sp³-hybridized carbons (Fsp3) is 0.429. The third-order valence-corrected chi connectivity index (χ3v) is 5.98. The maximum Gasteiger partial charge on any atom is 0.209 e. The smallest absolute Gasteiger partial charge is 0.209 e. The Kier molecular flexibility index (Phi) is 6.50. The summed E-state index contributed by atoms with van der Waals surface area (Å²) in [5.41, 5.74) is 3.07. The van der Waals surface area contributed by atoms with Gasteiger partial charge in [0.2, 0.25) is 10.0 Å². The Labute approximate surface area is 166 Å². The van der Waals surface area contributed by atoms with Gasteiger partial charge in [-0.1, -0.05) is 36.4 Å².